The Morgan fingerprint density at radius 3 is 2.62 bits per heavy atom. The molecule has 128 valence electrons. The van der Waals surface area contributed by atoms with Gasteiger partial charge in [-0.2, -0.15) is 0 Å². The maximum Gasteiger partial charge on any atom is 0.335 e. The molecule has 5 heteroatoms. The minimum atomic E-state index is -0.575. The molecule has 0 radical (unpaired) electrons. The lowest BCUT2D eigenvalue weighted by atomic mass is 9.91. The van der Waals surface area contributed by atoms with Gasteiger partial charge in [-0.25, -0.2) is 4.79 Å². The second-order valence-electron chi connectivity index (χ2n) is 6.45. The van der Waals surface area contributed by atoms with Crippen LogP contribution in [-0.2, 0) is 14.3 Å². The van der Waals surface area contributed by atoms with Gasteiger partial charge in [-0.15, -0.1) is 0 Å². The van der Waals surface area contributed by atoms with E-state index in [1.807, 2.05) is 29.2 Å². The van der Waals surface area contributed by atoms with Crippen LogP contribution < -0.4 is 0 Å². The number of amides is 1. The molecule has 0 saturated carbocycles. The summed E-state index contributed by atoms with van der Waals surface area (Å²) in [6, 6.07) is 7.46. The summed E-state index contributed by atoms with van der Waals surface area (Å²) in [6.07, 6.45) is 3.30. The molecule has 2 aliphatic heterocycles. The van der Waals surface area contributed by atoms with E-state index in [0.717, 1.165) is 18.4 Å². The van der Waals surface area contributed by atoms with Crippen LogP contribution in [0.5, 0.6) is 0 Å². The Hall–Kier alpha value is -2.14. The van der Waals surface area contributed by atoms with E-state index in [9.17, 15) is 9.59 Å². The van der Waals surface area contributed by atoms with Gasteiger partial charge in [-0.1, -0.05) is 24.8 Å². The van der Waals surface area contributed by atoms with Crippen LogP contribution in [0, 0.1) is 0 Å². The van der Waals surface area contributed by atoms with E-state index < -0.39 is 6.10 Å². The van der Waals surface area contributed by atoms with E-state index in [4.69, 9.17) is 9.47 Å². The Morgan fingerprint density at radius 1 is 1.29 bits per heavy atom. The minimum Gasteiger partial charge on any atom is -0.467 e. The molecule has 2 heterocycles. The smallest absolute Gasteiger partial charge is 0.335 e. The number of methoxy groups -OCH3 is 1. The predicted molar refractivity (Wildman–Crippen MR) is 90.5 cm³/mol. The summed E-state index contributed by atoms with van der Waals surface area (Å²) in [7, 11) is 1.36. The maximum atomic E-state index is 13.0. The Labute approximate surface area is 142 Å². The first kappa shape index (κ1) is 16.7. The first-order chi connectivity index (χ1) is 11.5. The van der Waals surface area contributed by atoms with Gasteiger partial charge in [0.1, 0.15) is 0 Å². The van der Waals surface area contributed by atoms with Crippen LogP contribution in [0.3, 0.4) is 0 Å². The summed E-state index contributed by atoms with van der Waals surface area (Å²) in [4.78, 5) is 26.7. The largest absolute Gasteiger partial charge is 0.467 e. The van der Waals surface area contributed by atoms with E-state index in [2.05, 4.69) is 13.5 Å². The number of fused-ring (bicyclic) bond motifs is 1. The van der Waals surface area contributed by atoms with Gasteiger partial charge in [0, 0.05) is 18.0 Å². The molecule has 2 aliphatic rings. The number of esters is 1. The molecular formula is C19H23NO4. The van der Waals surface area contributed by atoms with Crippen molar-refractivity contribution in [2.24, 2.45) is 0 Å². The molecule has 0 aromatic heterocycles. The van der Waals surface area contributed by atoms with Crippen molar-refractivity contribution in [3.8, 4) is 0 Å². The van der Waals surface area contributed by atoms with Crippen LogP contribution in [0.25, 0.3) is 6.08 Å². The Balaban J connectivity index is 1.82. The summed E-state index contributed by atoms with van der Waals surface area (Å²) >= 11 is 0. The highest BCUT2D eigenvalue weighted by molar-refractivity contribution is 5.95. The van der Waals surface area contributed by atoms with E-state index in [1.54, 1.807) is 6.08 Å². The Bertz CT molecular complexity index is 639. The summed E-state index contributed by atoms with van der Waals surface area (Å²) in [5.41, 5.74) is 1.63. The normalized spacial score (nSPS) is 29.0. The lowest BCUT2D eigenvalue weighted by Crippen LogP contribution is -2.53. The zero-order chi connectivity index (χ0) is 17.3. The monoisotopic (exact) mass is 329 g/mol. The topological polar surface area (TPSA) is 55.8 Å². The molecule has 0 bridgehead atoms. The predicted octanol–water partition coefficient (Wildman–Crippen LogP) is 2.65. The van der Waals surface area contributed by atoms with Gasteiger partial charge in [0.2, 0.25) is 0 Å². The average molecular weight is 329 g/mol. The maximum absolute atomic E-state index is 13.0. The zero-order valence-electron chi connectivity index (χ0n) is 14.1. The first-order valence-corrected chi connectivity index (χ1v) is 8.33. The number of hydrogen-bond donors (Lipinski definition) is 0. The number of likely N-dealkylation sites (tertiary alicyclic amines) is 1. The highest BCUT2D eigenvalue weighted by Gasteiger charge is 2.47. The first-order valence-electron chi connectivity index (χ1n) is 8.33. The van der Waals surface area contributed by atoms with Gasteiger partial charge in [0.25, 0.3) is 5.91 Å². The fourth-order valence-corrected chi connectivity index (χ4v) is 3.70. The van der Waals surface area contributed by atoms with Crippen LogP contribution in [-0.4, -0.2) is 48.2 Å². The average Bonchev–Trinajstić information content (AvgIpc) is 3.04. The molecule has 4 atom stereocenters. The molecule has 4 unspecified atom stereocenters. The molecular weight excluding hydrogens is 306 g/mol. The van der Waals surface area contributed by atoms with Crippen molar-refractivity contribution >= 4 is 18.0 Å². The van der Waals surface area contributed by atoms with Gasteiger partial charge in [-0.3, -0.25) is 4.79 Å². The standard InChI is InChI=1S/C19H23NO4/c1-4-13-6-8-14(9-7-13)18(21)20-12(2)5-10-16-15(20)11-17(24-16)19(22)23-3/h4,6-9,12,15-17H,1,5,10-11H2,2-3H3. The van der Waals surface area contributed by atoms with Gasteiger partial charge < -0.3 is 14.4 Å². The van der Waals surface area contributed by atoms with Gasteiger partial charge in [0.05, 0.1) is 19.3 Å². The molecule has 2 saturated heterocycles. The number of hydrogen-bond acceptors (Lipinski definition) is 4. The third-order valence-electron chi connectivity index (χ3n) is 5.02. The zero-order valence-corrected chi connectivity index (χ0v) is 14.1. The number of piperidine rings is 1. The number of carbonyl (C=O) groups excluding carboxylic acids is 2. The summed E-state index contributed by atoms with van der Waals surface area (Å²) < 4.78 is 10.6. The SMILES string of the molecule is C=Cc1ccc(C(=O)N2C(C)CCC3OC(C(=O)OC)CC32)cc1. The number of benzene rings is 1. The third kappa shape index (κ3) is 2.96. The highest BCUT2D eigenvalue weighted by Crippen LogP contribution is 2.36. The van der Waals surface area contributed by atoms with Crippen molar-refractivity contribution in [1.29, 1.82) is 0 Å². The van der Waals surface area contributed by atoms with Gasteiger partial charge in [-0.05, 0) is 37.5 Å². The van der Waals surface area contributed by atoms with Crippen molar-refractivity contribution in [2.75, 3.05) is 7.11 Å². The summed E-state index contributed by atoms with van der Waals surface area (Å²) in [6.45, 7) is 5.78. The lowest BCUT2D eigenvalue weighted by Gasteiger charge is -2.41. The van der Waals surface area contributed by atoms with Crippen molar-refractivity contribution in [3.63, 3.8) is 0 Å². The molecule has 5 nitrogen and oxygen atoms in total. The van der Waals surface area contributed by atoms with Crippen LogP contribution in [0.4, 0.5) is 0 Å². The number of carbonyl (C=O) groups is 2. The molecule has 1 amide bonds. The molecule has 3 rings (SSSR count). The van der Waals surface area contributed by atoms with Crippen molar-refractivity contribution in [3.05, 3.63) is 42.0 Å². The van der Waals surface area contributed by atoms with Crippen molar-refractivity contribution < 1.29 is 19.1 Å². The quantitative estimate of drug-likeness (QED) is 0.800. The van der Waals surface area contributed by atoms with Crippen LogP contribution in [0.15, 0.2) is 30.8 Å². The third-order valence-corrected chi connectivity index (χ3v) is 5.02. The number of ether oxygens (including phenoxy) is 2. The van der Waals surface area contributed by atoms with Gasteiger partial charge in [0.15, 0.2) is 6.10 Å². The lowest BCUT2D eigenvalue weighted by molar-refractivity contribution is -0.153. The second kappa shape index (κ2) is 6.77. The molecule has 1 aromatic rings. The number of nitrogens with zero attached hydrogens (tertiary/aromatic N) is 1. The van der Waals surface area contributed by atoms with Crippen LogP contribution in [0.2, 0.25) is 0 Å². The van der Waals surface area contributed by atoms with E-state index in [0.29, 0.717) is 12.0 Å². The molecule has 24 heavy (non-hydrogen) atoms. The summed E-state index contributed by atoms with van der Waals surface area (Å²) in [5.74, 6) is -0.373. The number of rotatable bonds is 3. The highest BCUT2D eigenvalue weighted by atomic mass is 16.6. The summed E-state index contributed by atoms with van der Waals surface area (Å²) in [5, 5.41) is 0. The Morgan fingerprint density at radius 2 is 2.00 bits per heavy atom. The van der Waals surface area contributed by atoms with Crippen LogP contribution in [0.1, 0.15) is 42.1 Å². The van der Waals surface area contributed by atoms with Crippen molar-refractivity contribution in [1.82, 2.24) is 4.90 Å². The van der Waals surface area contributed by atoms with Gasteiger partial charge >= 0.3 is 5.97 Å². The molecule has 0 spiro atoms. The molecule has 1 aromatic carbocycles. The van der Waals surface area contributed by atoms with E-state index in [-0.39, 0.29) is 30.1 Å². The fraction of sp³-hybridized carbons (Fsp3) is 0.474. The fourth-order valence-electron chi connectivity index (χ4n) is 3.70. The second-order valence-corrected chi connectivity index (χ2v) is 6.45. The van der Waals surface area contributed by atoms with Crippen molar-refractivity contribution in [2.45, 2.75) is 50.5 Å². The molecule has 0 aliphatic carbocycles. The Kier molecular flexibility index (Phi) is 4.71. The molecule has 0 N–H and O–H groups in total. The van der Waals surface area contributed by atoms with E-state index in [1.165, 1.54) is 7.11 Å². The molecule has 2 fully saturated rings. The minimum absolute atomic E-state index is 0.0121. The van der Waals surface area contributed by atoms with E-state index >= 15 is 0 Å². The van der Waals surface area contributed by atoms with Crippen LogP contribution >= 0.6 is 0 Å².